The summed E-state index contributed by atoms with van der Waals surface area (Å²) in [7, 11) is 0. The summed E-state index contributed by atoms with van der Waals surface area (Å²) in [5.74, 6) is -0.435. The standard InChI is InChI=1S/C14H9Cl2FN2/c15-11-2-1-3-12(16)14(11)19-8-10-5-4-9(7-18)6-13(10)17/h1-6,19H,8H2. The number of nitrogens with zero attached hydrogens (tertiary/aromatic N) is 1. The van der Waals surface area contributed by atoms with E-state index in [0.29, 0.717) is 21.3 Å². The minimum atomic E-state index is -0.435. The average molecular weight is 295 g/mol. The molecule has 0 atom stereocenters. The monoisotopic (exact) mass is 294 g/mol. The molecule has 0 aliphatic heterocycles. The molecule has 2 rings (SSSR count). The normalized spacial score (nSPS) is 10.0. The average Bonchev–Trinajstić information content (AvgIpc) is 2.39. The van der Waals surface area contributed by atoms with Crippen LogP contribution in [0.25, 0.3) is 0 Å². The molecule has 5 heteroatoms. The lowest BCUT2D eigenvalue weighted by Crippen LogP contribution is -2.03. The van der Waals surface area contributed by atoms with Crippen LogP contribution in [0.3, 0.4) is 0 Å². The molecule has 19 heavy (non-hydrogen) atoms. The van der Waals surface area contributed by atoms with Crippen molar-refractivity contribution < 1.29 is 4.39 Å². The number of para-hydroxylation sites is 1. The van der Waals surface area contributed by atoms with E-state index < -0.39 is 5.82 Å². The largest absolute Gasteiger partial charge is 0.378 e. The van der Waals surface area contributed by atoms with Crippen molar-refractivity contribution in [1.82, 2.24) is 0 Å². The van der Waals surface area contributed by atoms with Gasteiger partial charge in [0.05, 0.1) is 27.4 Å². The summed E-state index contributed by atoms with van der Waals surface area (Å²) in [5, 5.41) is 12.6. The van der Waals surface area contributed by atoms with Gasteiger partial charge in [-0.2, -0.15) is 5.26 Å². The summed E-state index contributed by atoms with van der Waals surface area (Å²) in [6.07, 6.45) is 0. The van der Waals surface area contributed by atoms with E-state index >= 15 is 0 Å². The number of halogens is 3. The molecule has 0 aromatic heterocycles. The van der Waals surface area contributed by atoms with Gasteiger partial charge in [0, 0.05) is 12.1 Å². The van der Waals surface area contributed by atoms with Gasteiger partial charge in [-0.05, 0) is 24.3 Å². The highest BCUT2D eigenvalue weighted by atomic mass is 35.5. The number of nitriles is 1. The molecule has 0 aliphatic rings. The molecule has 96 valence electrons. The Kier molecular flexibility index (Phi) is 4.26. The molecule has 0 aliphatic carbocycles. The van der Waals surface area contributed by atoms with E-state index in [1.165, 1.54) is 6.07 Å². The van der Waals surface area contributed by atoms with Gasteiger partial charge < -0.3 is 5.32 Å². The number of rotatable bonds is 3. The first-order valence-corrected chi connectivity index (χ1v) is 6.24. The van der Waals surface area contributed by atoms with Crippen molar-refractivity contribution in [3.05, 3.63) is 63.4 Å². The van der Waals surface area contributed by atoms with Gasteiger partial charge in [0.1, 0.15) is 5.82 Å². The number of nitrogens with one attached hydrogen (secondary N) is 1. The predicted octanol–water partition coefficient (Wildman–Crippen LogP) is 4.62. The van der Waals surface area contributed by atoms with E-state index in [9.17, 15) is 4.39 Å². The Balaban J connectivity index is 2.17. The summed E-state index contributed by atoms with van der Waals surface area (Å²) in [5.41, 5.74) is 1.29. The first kappa shape index (κ1) is 13.7. The van der Waals surface area contributed by atoms with Crippen LogP contribution in [0.2, 0.25) is 10.0 Å². The summed E-state index contributed by atoms with van der Waals surface area (Å²) < 4.78 is 13.7. The highest BCUT2D eigenvalue weighted by Crippen LogP contribution is 2.30. The highest BCUT2D eigenvalue weighted by molar-refractivity contribution is 6.39. The van der Waals surface area contributed by atoms with Crippen LogP contribution in [0.4, 0.5) is 10.1 Å². The predicted molar refractivity (Wildman–Crippen MR) is 74.9 cm³/mol. The zero-order chi connectivity index (χ0) is 13.8. The Morgan fingerprint density at radius 1 is 1.16 bits per heavy atom. The van der Waals surface area contributed by atoms with E-state index in [1.807, 2.05) is 6.07 Å². The van der Waals surface area contributed by atoms with Gasteiger partial charge in [0.2, 0.25) is 0 Å². The Morgan fingerprint density at radius 2 is 1.84 bits per heavy atom. The van der Waals surface area contributed by atoms with E-state index in [-0.39, 0.29) is 12.1 Å². The fraction of sp³-hybridized carbons (Fsp3) is 0.0714. The van der Waals surface area contributed by atoms with Crippen molar-refractivity contribution >= 4 is 28.9 Å². The van der Waals surface area contributed by atoms with Crippen molar-refractivity contribution in [1.29, 1.82) is 5.26 Å². The first-order chi connectivity index (χ1) is 9.11. The molecular formula is C14H9Cl2FN2. The van der Waals surface area contributed by atoms with Crippen molar-refractivity contribution in [3.63, 3.8) is 0 Å². The van der Waals surface area contributed by atoms with E-state index in [2.05, 4.69) is 5.32 Å². The molecule has 0 spiro atoms. The quantitative estimate of drug-likeness (QED) is 0.897. The van der Waals surface area contributed by atoms with Crippen molar-refractivity contribution in [3.8, 4) is 6.07 Å². The van der Waals surface area contributed by atoms with Crippen LogP contribution in [0.5, 0.6) is 0 Å². The van der Waals surface area contributed by atoms with Gasteiger partial charge >= 0.3 is 0 Å². The number of hydrogen-bond acceptors (Lipinski definition) is 2. The van der Waals surface area contributed by atoms with Crippen LogP contribution in [-0.4, -0.2) is 0 Å². The number of anilines is 1. The number of hydrogen-bond donors (Lipinski definition) is 1. The molecule has 2 nitrogen and oxygen atoms in total. The SMILES string of the molecule is N#Cc1ccc(CNc2c(Cl)cccc2Cl)c(F)c1. The van der Waals surface area contributed by atoms with Crippen LogP contribution in [0, 0.1) is 17.1 Å². The molecule has 0 radical (unpaired) electrons. The van der Waals surface area contributed by atoms with Crippen LogP contribution >= 0.6 is 23.2 Å². The maximum Gasteiger partial charge on any atom is 0.129 e. The van der Waals surface area contributed by atoms with Crippen molar-refractivity contribution in [2.24, 2.45) is 0 Å². The molecule has 0 bridgehead atoms. The maximum absolute atomic E-state index is 13.7. The molecule has 0 fully saturated rings. The third kappa shape index (κ3) is 3.17. The van der Waals surface area contributed by atoms with Crippen LogP contribution in [0.1, 0.15) is 11.1 Å². The molecule has 0 unspecified atom stereocenters. The van der Waals surface area contributed by atoms with Crippen molar-refractivity contribution in [2.75, 3.05) is 5.32 Å². The van der Waals surface area contributed by atoms with E-state index in [1.54, 1.807) is 30.3 Å². The van der Waals surface area contributed by atoms with Crippen molar-refractivity contribution in [2.45, 2.75) is 6.54 Å². The second kappa shape index (κ2) is 5.92. The molecule has 2 aromatic carbocycles. The fourth-order valence-corrected chi connectivity index (χ4v) is 2.14. The van der Waals surface area contributed by atoms with Crippen LogP contribution < -0.4 is 5.32 Å². The van der Waals surface area contributed by atoms with E-state index in [0.717, 1.165) is 0 Å². The minimum absolute atomic E-state index is 0.237. The zero-order valence-electron chi connectivity index (χ0n) is 9.75. The Morgan fingerprint density at radius 3 is 2.42 bits per heavy atom. The van der Waals surface area contributed by atoms with Gasteiger partial charge in [-0.3, -0.25) is 0 Å². The lowest BCUT2D eigenvalue weighted by Gasteiger charge is -2.11. The molecule has 0 heterocycles. The van der Waals surface area contributed by atoms with Crippen LogP contribution in [-0.2, 0) is 6.54 Å². The second-order valence-corrected chi connectivity index (χ2v) is 4.68. The zero-order valence-corrected chi connectivity index (χ0v) is 11.3. The van der Waals surface area contributed by atoms with Gasteiger partial charge in [0.25, 0.3) is 0 Å². The molecule has 2 aromatic rings. The Labute approximate surface area is 120 Å². The summed E-state index contributed by atoms with van der Waals surface area (Å²) in [6, 6.07) is 11.3. The molecule has 0 saturated heterocycles. The van der Waals surface area contributed by atoms with Gasteiger partial charge in [0.15, 0.2) is 0 Å². The van der Waals surface area contributed by atoms with Gasteiger partial charge in [-0.1, -0.05) is 35.3 Å². The molecule has 0 saturated carbocycles. The topological polar surface area (TPSA) is 35.8 Å². The second-order valence-electron chi connectivity index (χ2n) is 3.87. The van der Waals surface area contributed by atoms with Gasteiger partial charge in [-0.15, -0.1) is 0 Å². The third-order valence-electron chi connectivity index (χ3n) is 2.60. The lowest BCUT2D eigenvalue weighted by molar-refractivity contribution is 0.612. The summed E-state index contributed by atoms with van der Waals surface area (Å²) >= 11 is 12.0. The maximum atomic E-state index is 13.7. The van der Waals surface area contributed by atoms with E-state index in [4.69, 9.17) is 28.5 Å². The van der Waals surface area contributed by atoms with Crippen LogP contribution in [0.15, 0.2) is 36.4 Å². The molecule has 1 N–H and O–H groups in total. The Bertz CT molecular complexity index is 630. The smallest absolute Gasteiger partial charge is 0.129 e. The summed E-state index contributed by atoms with van der Waals surface area (Å²) in [6.45, 7) is 0.237. The lowest BCUT2D eigenvalue weighted by atomic mass is 10.1. The fourth-order valence-electron chi connectivity index (χ4n) is 1.61. The minimum Gasteiger partial charge on any atom is -0.378 e. The summed E-state index contributed by atoms with van der Waals surface area (Å²) in [4.78, 5) is 0. The molecule has 0 amide bonds. The van der Waals surface area contributed by atoms with Gasteiger partial charge in [-0.25, -0.2) is 4.39 Å². The Hall–Kier alpha value is -1.76. The number of benzene rings is 2. The third-order valence-corrected chi connectivity index (χ3v) is 3.23. The first-order valence-electron chi connectivity index (χ1n) is 5.48. The molecular weight excluding hydrogens is 286 g/mol. The highest BCUT2D eigenvalue weighted by Gasteiger charge is 2.07.